The highest BCUT2D eigenvalue weighted by Gasteiger charge is 2.36. The van der Waals surface area contributed by atoms with E-state index in [2.05, 4.69) is 31.9 Å². The van der Waals surface area contributed by atoms with Crippen molar-refractivity contribution in [3.05, 3.63) is 53.3 Å². The van der Waals surface area contributed by atoms with Gasteiger partial charge in [0.05, 0.1) is 32.8 Å². The summed E-state index contributed by atoms with van der Waals surface area (Å²) in [5.74, 6) is 1.36. The molecule has 1 atom stereocenters. The van der Waals surface area contributed by atoms with Crippen LogP contribution in [-0.2, 0) is 11.8 Å². The zero-order valence-electron chi connectivity index (χ0n) is 20.1. The van der Waals surface area contributed by atoms with Gasteiger partial charge in [-0.1, -0.05) is 26.0 Å². The van der Waals surface area contributed by atoms with E-state index in [-0.39, 0.29) is 17.5 Å². The lowest BCUT2D eigenvalue weighted by molar-refractivity contribution is 0.292. The Morgan fingerprint density at radius 1 is 0.969 bits per heavy atom. The van der Waals surface area contributed by atoms with Crippen molar-refractivity contribution in [2.45, 2.75) is 38.5 Å². The first-order chi connectivity index (χ1) is 15.3. The number of methoxy groups -OCH3 is 3. The number of nitrogens with zero attached hydrogens (tertiary/aromatic N) is 2. The van der Waals surface area contributed by atoms with Crippen molar-refractivity contribution in [3.8, 4) is 23.3 Å². The molecule has 0 aliphatic carbocycles. The van der Waals surface area contributed by atoms with Crippen LogP contribution in [0.2, 0.25) is 0 Å². The summed E-state index contributed by atoms with van der Waals surface area (Å²) < 4.78 is 29.5. The molecule has 1 unspecified atom stereocenters. The van der Waals surface area contributed by atoms with E-state index in [9.17, 15) is 9.65 Å². The van der Waals surface area contributed by atoms with E-state index in [0.29, 0.717) is 11.5 Å². The fourth-order valence-corrected chi connectivity index (χ4v) is 4.05. The van der Waals surface area contributed by atoms with Crippen LogP contribution >= 0.6 is 0 Å². The Kier molecular flexibility index (Phi) is 9.34. The van der Waals surface area contributed by atoms with Gasteiger partial charge in [0, 0.05) is 6.54 Å². The molecule has 0 aliphatic heterocycles. The Hall–Kier alpha value is -2.78. The summed E-state index contributed by atoms with van der Waals surface area (Å²) in [6.45, 7) is 5.88. The fourth-order valence-electron chi connectivity index (χ4n) is 4.05. The molecular formula is C26H35FN2O3. The van der Waals surface area contributed by atoms with Gasteiger partial charge in [-0.25, -0.2) is 4.39 Å². The normalized spacial score (nSPS) is 13.0. The van der Waals surface area contributed by atoms with E-state index in [4.69, 9.17) is 14.2 Å². The quantitative estimate of drug-likeness (QED) is 0.451. The highest BCUT2D eigenvalue weighted by molar-refractivity contribution is 5.47. The monoisotopic (exact) mass is 442 g/mol. The number of likely N-dealkylation sites (N-methyl/N-ethyl adjacent to an activating group) is 1. The van der Waals surface area contributed by atoms with Gasteiger partial charge in [-0.3, -0.25) is 0 Å². The Morgan fingerprint density at radius 3 is 2.25 bits per heavy atom. The molecule has 5 nitrogen and oxygen atoms in total. The van der Waals surface area contributed by atoms with Crippen LogP contribution in [0.15, 0.2) is 36.4 Å². The largest absolute Gasteiger partial charge is 0.494 e. The highest BCUT2D eigenvalue weighted by Crippen LogP contribution is 2.40. The Balaban J connectivity index is 2.03. The lowest BCUT2D eigenvalue weighted by Gasteiger charge is -2.32. The molecule has 0 saturated carbocycles. The molecule has 0 aromatic heterocycles. The van der Waals surface area contributed by atoms with Crippen LogP contribution in [0.1, 0.15) is 37.8 Å². The number of rotatable bonds is 12. The predicted molar refractivity (Wildman–Crippen MR) is 125 cm³/mol. The maximum absolute atomic E-state index is 13.6. The van der Waals surface area contributed by atoms with Gasteiger partial charge in [-0.05, 0) is 74.2 Å². The molecule has 0 fully saturated rings. The third kappa shape index (κ3) is 5.92. The number of halogens is 1. The second-order valence-electron chi connectivity index (χ2n) is 8.43. The molecule has 6 heteroatoms. The first-order valence-corrected chi connectivity index (χ1v) is 11.0. The van der Waals surface area contributed by atoms with E-state index in [0.717, 1.165) is 43.5 Å². The van der Waals surface area contributed by atoms with Crippen molar-refractivity contribution in [1.82, 2.24) is 4.90 Å². The van der Waals surface area contributed by atoms with Crippen LogP contribution in [0.4, 0.5) is 4.39 Å². The summed E-state index contributed by atoms with van der Waals surface area (Å²) in [6.07, 6.45) is 2.42. The molecule has 0 radical (unpaired) electrons. The van der Waals surface area contributed by atoms with Crippen molar-refractivity contribution < 1.29 is 18.6 Å². The molecule has 0 bridgehead atoms. The zero-order valence-corrected chi connectivity index (χ0v) is 20.1. The van der Waals surface area contributed by atoms with Crippen LogP contribution in [0.25, 0.3) is 0 Å². The molecule has 0 aliphatic rings. The minimum Gasteiger partial charge on any atom is -0.494 e. The molecule has 2 rings (SSSR count). The summed E-state index contributed by atoms with van der Waals surface area (Å²) in [7, 11) is 6.76. The number of ether oxygens (including phenoxy) is 3. The summed E-state index contributed by atoms with van der Waals surface area (Å²) in [5.41, 5.74) is 1.38. The fraction of sp³-hybridized carbons (Fsp3) is 0.500. The van der Waals surface area contributed by atoms with Gasteiger partial charge < -0.3 is 19.1 Å². The average molecular weight is 443 g/mol. The standard InChI is InChI=1S/C26H35FN2O3/c1-19(2)26(18-28,21-9-11-23(30-4)25(17-21)32-6)13-7-14-29(3)15-12-20-8-10-22(27)24(16-20)31-5/h8-11,16-17,19H,7,12-15H2,1-6H3. The number of nitriles is 1. The predicted octanol–water partition coefficient (Wildman–Crippen LogP) is 5.22. The van der Waals surface area contributed by atoms with Gasteiger partial charge in [0.25, 0.3) is 0 Å². The average Bonchev–Trinajstić information content (AvgIpc) is 2.80. The molecule has 2 aromatic rings. The lowest BCUT2D eigenvalue weighted by Crippen LogP contribution is -2.32. The van der Waals surface area contributed by atoms with E-state index in [1.807, 2.05) is 18.2 Å². The van der Waals surface area contributed by atoms with Gasteiger partial charge in [-0.15, -0.1) is 0 Å². The third-order valence-electron chi connectivity index (χ3n) is 6.19. The first kappa shape index (κ1) is 25.5. The van der Waals surface area contributed by atoms with Gasteiger partial charge in [0.2, 0.25) is 0 Å². The number of hydrogen-bond acceptors (Lipinski definition) is 5. The van der Waals surface area contributed by atoms with Crippen LogP contribution in [0.3, 0.4) is 0 Å². The van der Waals surface area contributed by atoms with E-state index >= 15 is 0 Å². The van der Waals surface area contributed by atoms with Crippen molar-refractivity contribution in [1.29, 1.82) is 5.26 Å². The van der Waals surface area contributed by atoms with Crippen molar-refractivity contribution in [3.63, 3.8) is 0 Å². The summed E-state index contributed by atoms with van der Waals surface area (Å²) in [6, 6.07) is 13.4. The molecule has 0 saturated heterocycles. The smallest absolute Gasteiger partial charge is 0.165 e. The molecular weight excluding hydrogens is 407 g/mol. The van der Waals surface area contributed by atoms with Crippen molar-refractivity contribution >= 4 is 0 Å². The maximum Gasteiger partial charge on any atom is 0.165 e. The van der Waals surface area contributed by atoms with Gasteiger partial charge in [-0.2, -0.15) is 5.26 Å². The van der Waals surface area contributed by atoms with Gasteiger partial charge >= 0.3 is 0 Å². The lowest BCUT2D eigenvalue weighted by atomic mass is 9.69. The molecule has 0 spiro atoms. The molecule has 32 heavy (non-hydrogen) atoms. The SMILES string of the molecule is COc1cc(CCN(C)CCCC(C#N)(c2ccc(OC)c(OC)c2)C(C)C)ccc1F. The van der Waals surface area contributed by atoms with E-state index < -0.39 is 5.41 Å². The minimum atomic E-state index is -0.606. The Bertz CT molecular complexity index is 926. The second kappa shape index (κ2) is 11.7. The highest BCUT2D eigenvalue weighted by atomic mass is 19.1. The van der Waals surface area contributed by atoms with Gasteiger partial charge in [0.1, 0.15) is 0 Å². The van der Waals surface area contributed by atoms with Crippen molar-refractivity contribution in [2.24, 2.45) is 5.92 Å². The molecule has 2 aromatic carbocycles. The van der Waals surface area contributed by atoms with Crippen LogP contribution in [-0.4, -0.2) is 46.4 Å². The topological polar surface area (TPSA) is 54.7 Å². The summed E-state index contributed by atoms with van der Waals surface area (Å²) in [4.78, 5) is 2.24. The zero-order chi connectivity index (χ0) is 23.7. The molecule has 174 valence electrons. The van der Waals surface area contributed by atoms with Crippen LogP contribution in [0.5, 0.6) is 17.2 Å². The summed E-state index contributed by atoms with van der Waals surface area (Å²) >= 11 is 0. The Labute approximate surface area is 191 Å². The van der Waals surface area contributed by atoms with Crippen LogP contribution in [0, 0.1) is 23.1 Å². The first-order valence-electron chi connectivity index (χ1n) is 11.0. The molecule has 0 heterocycles. The third-order valence-corrected chi connectivity index (χ3v) is 6.19. The maximum atomic E-state index is 13.6. The molecule has 0 N–H and O–H groups in total. The minimum absolute atomic E-state index is 0.141. The Morgan fingerprint density at radius 2 is 1.66 bits per heavy atom. The summed E-state index contributed by atoms with van der Waals surface area (Å²) in [5, 5.41) is 10.2. The van der Waals surface area contributed by atoms with E-state index in [1.54, 1.807) is 26.4 Å². The number of benzene rings is 2. The van der Waals surface area contributed by atoms with Gasteiger partial charge in [0.15, 0.2) is 23.1 Å². The second-order valence-corrected chi connectivity index (χ2v) is 8.43. The van der Waals surface area contributed by atoms with Crippen LogP contribution < -0.4 is 14.2 Å². The van der Waals surface area contributed by atoms with E-state index in [1.165, 1.54) is 13.2 Å². The molecule has 0 amide bonds. The number of hydrogen-bond donors (Lipinski definition) is 0. The van der Waals surface area contributed by atoms with Crippen molar-refractivity contribution in [2.75, 3.05) is 41.5 Å².